The lowest BCUT2D eigenvalue weighted by Gasteiger charge is -2.33. The largest absolute Gasteiger partial charge is 0.504 e. The molecule has 1 saturated heterocycles. The Kier molecular flexibility index (Phi) is 16.8. The van der Waals surface area contributed by atoms with Crippen molar-refractivity contribution < 1.29 is 94.9 Å². The third-order valence-corrected chi connectivity index (χ3v) is 15.0. The number of nitrogen functional groups attached to an aromatic ring is 1. The van der Waals surface area contributed by atoms with Crippen molar-refractivity contribution in [1.29, 1.82) is 0 Å². The molecule has 4 rings (SSSR count). The summed E-state index contributed by atoms with van der Waals surface area (Å²) in [5, 5.41) is 36.0. The zero-order valence-electron chi connectivity index (χ0n) is 33.3. The molecule has 1 aromatic carbocycles. The fourth-order valence-corrected chi connectivity index (χ4v) is 11.0. The molecule has 0 spiro atoms. The number of aromatic nitrogens is 4. The number of para-hydroxylation sites is 1. The van der Waals surface area contributed by atoms with E-state index in [2.05, 4.69) is 34.4 Å². The molecule has 31 heteroatoms. The van der Waals surface area contributed by atoms with Crippen LogP contribution in [0.3, 0.4) is 0 Å². The summed E-state index contributed by atoms with van der Waals surface area (Å²) in [5.74, 6) is -2.31. The number of rotatable bonds is 22. The summed E-state index contributed by atoms with van der Waals surface area (Å²) in [7, 11) is -18.5. The molecule has 3 heterocycles. The summed E-state index contributed by atoms with van der Waals surface area (Å²) in [6.45, 7) is 1.38. The van der Waals surface area contributed by atoms with Crippen LogP contribution in [0.5, 0.6) is 11.5 Å². The van der Waals surface area contributed by atoms with E-state index in [0.717, 1.165) is 17.2 Å². The van der Waals surface area contributed by atoms with E-state index in [1.165, 1.54) is 39.2 Å². The van der Waals surface area contributed by atoms with E-state index in [1.54, 1.807) is 6.92 Å². The lowest BCUT2D eigenvalue weighted by molar-refractivity contribution is -0.137. The molecule has 1 fully saturated rings. The number of ether oxygens (including phenoxy) is 2. The van der Waals surface area contributed by atoms with Crippen molar-refractivity contribution in [2.24, 2.45) is 5.41 Å². The number of methoxy groups -OCH3 is 1. The molecular formula is C31H48N7O20P3S. The number of benzene rings is 1. The zero-order chi connectivity index (χ0) is 46.4. The maximum Gasteiger partial charge on any atom is 0.481 e. The molecule has 62 heavy (non-hydrogen) atoms. The molecular weight excluding hydrogens is 915 g/mol. The molecule has 27 nitrogen and oxygen atoms in total. The molecule has 1 aliphatic heterocycles. The van der Waals surface area contributed by atoms with E-state index in [-0.39, 0.29) is 65.1 Å². The number of phenolic OH excluding ortho intramolecular Hbond substituents is 1. The van der Waals surface area contributed by atoms with E-state index in [1.807, 2.05) is 0 Å². The number of nitrogens with zero attached hydrogens (tertiary/aromatic N) is 4. The quantitative estimate of drug-likeness (QED) is 0.0607. The first-order valence-corrected chi connectivity index (χ1v) is 24.3. The van der Waals surface area contributed by atoms with E-state index < -0.39 is 100.0 Å². The smallest absolute Gasteiger partial charge is 0.481 e. The van der Waals surface area contributed by atoms with Gasteiger partial charge in [-0.05, 0) is 22.4 Å². The van der Waals surface area contributed by atoms with Gasteiger partial charge in [0.05, 0.1) is 31.5 Å². The molecule has 12 N–H and O–H groups in total. The van der Waals surface area contributed by atoms with Crippen LogP contribution in [0, 0.1) is 5.41 Å². The number of nitrogens with two attached hydrogens (primary N) is 1. The Bertz CT molecular complexity index is 2250. The summed E-state index contributed by atoms with van der Waals surface area (Å²) in [4.78, 5) is 89.2. The van der Waals surface area contributed by atoms with Crippen LogP contribution in [0.15, 0.2) is 35.7 Å². The number of carbonyl (C=O) groups is 3. The number of anilines is 1. The van der Waals surface area contributed by atoms with E-state index in [9.17, 15) is 67.5 Å². The Morgan fingerprint density at radius 3 is 2.37 bits per heavy atom. The third kappa shape index (κ3) is 12.7. The highest BCUT2D eigenvalue weighted by atomic mass is 32.3. The molecule has 3 aromatic rings. The molecule has 2 aromatic heterocycles. The highest BCUT2D eigenvalue weighted by molar-refractivity contribution is 8.41. The molecule has 2 amide bonds. The number of aliphatic hydroxyl groups is 2. The van der Waals surface area contributed by atoms with Crippen molar-refractivity contribution in [3.8, 4) is 11.5 Å². The topological polar surface area (TPSA) is 413 Å². The number of fused-ring (bicyclic) bond motifs is 1. The lowest BCUT2D eigenvalue weighted by atomic mass is 9.87. The predicted molar refractivity (Wildman–Crippen MR) is 213 cm³/mol. The predicted octanol–water partition coefficient (Wildman–Crippen LogP) is 0.392. The Morgan fingerprint density at radius 2 is 1.73 bits per heavy atom. The second-order valence-electron chi connectivity index (χ2n) is 14.0. The van der Waals surface area contributed by atoms with Crippen molar-refractivity contribution >= 4 is 67.7 Å². The highest BCUT2D eigenvalue weighted by Gasteiger charge is 2.50. The van der Waals surface area contributed by atoms with Crippen molar-refractivity contribution in [2.45, 2.75) is 69.2 Å². The summed E-state index contributed by atoms with van der Waals surface area (Å²) < 4.78 is 78.9. The maximum atomic E-state index is 12.8. The van der Waals surface area contributed by atoms with Gasteiger partial charge in [0.15, 0.2) is 34.3 Å². The fraction of sp³-hybridized carbons (Fsp3) is 0.548. The van der Waals surface area contributed by atoms with Gasteiger partial charge in [0.2, 0.25) is 11.8 Å². The Morgan fingerprint density at radius 1 is 1.05 bits per heavy atom. The Hall–Kier alpha value is -3.66. The highest BCUT2D eigenvalue weighted by Crippen LogP contribution is 2.61. The molecule has 4 unspecified atom stereocenters. The third-order valence-electron chi connectivity index (χ3n) is 8.99. The van der Waals surface area contributed by atoms with Crippen LogP contribution >= 0.6 is 33.8 Å². The van der Waals surface area contributed by atoms with Gasteiger partial charge in [0, 0.05) is 37.1 Å². The second-order valence-corrected chi connectivity index (χ2v) is 21.0. The van der Waals surface area contributed by atoms with Crippen LogP contribution in [0.1, 0.15) is 39.8 Å². The fourth-order valence-electron chi connectivity index (χ4n) is 5.84. The van der Waals surface area contributed by atoms with E-state index in [4.69, 9.17) is 24.3 Å². The van der Waals surface area contributed by atoms with Crippen LogP contribution in [0.2, 0.25) is 0 Å². The number of nitrogens with one attached hydrogen (secondary N) is 2. The number of aromatic hydroxyl groups is 1. The van der Waals surface area contributed by atoms with Crippen molar-refractivity contribution in [3.63, 3.8) is 0 Å². The standard InChI is InChI=1S/C31H48N7O20P3S/c1-5-21(41)62(52,19-8-6-7-17(39)24(19)53-4)12-11-33-20(40)9-10-34-29(44)26(43)31(2,3)14-55-61(50,51)58-60(48,49)54-13-18-25(57-59(45,46)47)23(42)30(56-18)38-16-37-22-27(32)35-15-36-28(22)38/h6-8,15-16,18,23,25-26,30,39,42-43,52H,5,9-14H2,1-4H3,(H,33,40)(H,34,44)(H,48,49)(H,50,51)(H2,32,35,36)(H2,45,46,47)/t18-,23-,25-,26?,30-/m1/s1. The normalized spacial score (nSPS) is 22.2. The van der Waals surface area contributed by atoms with Gasteiger partial charge >= 0.3 is 23.5 Å². The van der Waals surface area contributed by atoms with Gasteiger partial charge in [-0.25, -0.2) is 28.6 Å². The number of imidazole rings is 1. The minimum Gasteiger partial charge on any atom is -0.504 e. The minimum atomic E-state index is -5.61. The van der Waals surface area contributed by atoms with Crippen LogP contribution in [-0.4, -0.2) is 139 Å². The Balaban J connectivity index is 1.27. The summed E-state index contributed by atoms with van der Waals surface area (Å²) in [6.07, 6.45) is -7.31. The number of amides is 2. The monoisotopic (exact) mass is 963 g/mol. The van der Waals surface area contributed by atoms with E-state index >= 15 is 0 Å². The molecule has 0 saturated carbocycles. The molecule has 348 valence electrons. The molecule has 8 atom stereocenters. The van der Waals surface area contributed by atoms with Crippen molar-refractivity contribution in [1.82, 2.24) is 30.2 Å². The first-order valence-electron chi connectivity index (χ1n) is 18.1. The first kappa shape index (κ1) is 51.0. The van der Waals surface area contributed by atoms with Crippen molar-refractivity contribution in [3.05, 3.63) is 30.9 Å². The number of hydrogen-bond donors (Lipinski definition) is 11. The number of aliphatic hydroxyl groups excluding tert-OH is 2. The number of phenols is 1. The summed E-state index contributed by atoms with van der Waals surface area (Å²) in [6, 6.07) is 4.19. The van der Waals surface area contributed by atoms with Crippen LogP contribution in [0.4, 0.5) is 5.82 Å². The van der Waals surface area contributed by atoms with E-state index in [0.29, 0.717) is 0 Å². The van der Waals surface area contributed by atoms with Gasteiger partial charge in [-0.1, -0.05) is 26.8 Å². The molecule has 1 aliphatic rings. The molecule has 0 aliphatic carbocycles. The number of hydrogen-bond acceptors (Lipinski definition) is 20. The van der Waals surface area contributed by atoms with Gasteiger partial charge in [-0.3, -0.25) is 32.5 Å². The van der Waals surface area contributed by atoms with Gasteiger partial charge in [0.1, 0.15) is 36.3 Å². The lowest BCUT2D eigenvalue weighted by Crippen LogP contribution is -2.46. The number of carbonyl (C=O) groups excluding carboxylic acids is 3. The zero-order valence-corrected chi connectivity index (χ0v) is 36.8. The molecule has 0 radical (unpaired) electrons. The summed E-state index contributed by atoms with van der Waals surface area (Å²) in [5.41, 5.74) is 4.17. The van der Waals surface area contributed by atoms with Crippen LogP contribution in [-0.2, 0) is 50.7 Å². The summed E-state index contributed by atoms with van der Waals surface area (Å²) >= 11 is 0. The van der Waals surface area contributed by atoms with Gasteiger partial charge in [0.25, 0.3) is 0 Å². The van der Waals surface area contributed by atoms with Crippen LogP contribution < -0.4 is 21.1 Å². The van der Waals surface area contributed by atoms with Gasteiger partial charge < -0.3 is 65.3 Å². The average molecular weight is 964 g/mol. The van der Waals surface area contributed by atoms with Gasteiger partial charge in [-0.15, -0.1) is 0 Å². The SMILES string of the molecule is CCC(=O)S(O)(CCNC(=O)CCNC(=O)C(O)C(C)(C)COP(=O)(O)OP(=O)(O)OC[C@H]1O[C@@H](n2cnc3c(N)ncnc32)[C@H](O)[C@@H]1OP(=O)(O)O)c1cccc(O)c1OC. The number of phosphoric ester groups is 3. The Labute approximate surface area is 353 Å². The van der Waals surface area contributed by atoms with Gasteiger partial charge in [-0.2, -0.15) is 4.31 Å². The number of phosphoric acid groups is 3. The van der Waals surface area contributed by atoms with Crippen molar-refractivity contribution in [2.75, 3.05) is 44.9 Å². The molecule has 0 bridgehead atoms. The first-order chi connectivity index (χ1) is 28.8. The average Bonchev–Trinajstić information content (AvgIpc) is 3.75. The van der Waals surface area contributed by atoms with Crippen LogP contribution in [0.25, 0.3) is 11.2 Å². The second kappa shape index (κ2) is 20.5. The maximum absolute atomic E-state index is 12.8. The minimum absolute atomic E-state index is 0.0149.